The topological polar surface area (TPSA) is 51.0 Å². The number of rotatable bonds is 1. The van der Waals surface area contributed by atoms with Crippen molar-refractivity contribution in [2.24, 2.45) is 7.05 Å². The highest BCUT2D eigenvalue weighted by Gasteiger charge is 2.24. The van der Waals surface area contributed by atoms with Crippen LogP contribution in [0.5, 0.6) is 0 Å². The summed E-state index contributed by atoms with van der Waals surface area (Å²) >= 11 is 0. The lowest BCUT2D eigenvalue weighted by atomic mass is 10.1. The van der Waals surface area contributed by atoms with E-state index in [0.717, 1.165) is 17.8 Å². The van der Waals surface area contributed by atoms with Gasteiger partial charge in [-0.15, -0.1) is 0 Å². The third kappa shape index (κ3) is 1.77. The molecule has 0 aliphatic carbocycles. The number of hydrogen-bond donors (Lipinski definition) is 0. The van der Waals surface area contributed by atoms with Crippen molar-refractivity contribution in [2.45, 2.75) is 13.0 Å². The molecule has 3 heterocycles. The van der Waals surface area contributed by atoms with Crippen molar-refractivity contribution in [1.82, 2.24) is 19.4 Å². The molecule has 0 saturated heterocycles. The highest BCUT2D eigenvalue weighted by atomic mass is 16.2. The van der Waals surface area contributed by atoms with Gasteiger partial charge in [-0.2, -0.15) is 0 Å². The van der Waals surface area contributed by atoms with Crippen molar-refractivity contribution in [3.05, 3.63) is 47.8 Å². The molecule has 3 rings (SSSR count). The monoisotopic (exact) mass is 242 g/mol. The standard InChI is InChI=1S/C13H14N4O/c1-16-9-15-10-5-7-17(8-12(10)16)13(18)11-4-2-3-6-14-11/h2-4,6,9H,5,7-8H2,1H3. The van der Waals surface area contributed by atoms with Crippen LogP contribution in [0.15, 0.2) is 30.7 Å². The number of hydrogen-bond acceptors (Lipinski definition) is 3. The summed E-state index contributed by atoms with van der Waals surface area (Å²) in [5, 5.41) is 0. The highest BCUT2D eigenvalue weighted by Crippen LogP contribution is 2.18. The fourth-order valence-corrected chi connectivity index (χ4v) is 2.24. The van der Waals surface area contributed by atoms with Crippen LogP contribution in [0.2, 0.25) is 0 Å². The van der Waals surface area contributed by atoms with Gasteiger partial charge in [0, 0.05) is 26.2 Å². The van der Waals surface area contributed by atoms with Gasteiger partial charge in [-0.05, 0) is 12.1 Å². The van der Waals surface area contributed by atoms with Gasteiger partial charge in [0.05, 0.1) is 24.3 Å². The highest BCUT2D eigenvalue weighted by molar-refractivity contribution is 5.92. The van der Waals surface area contributed by atoms with Crippen molar-refractivity contribution in [3.63, 3.8) is 0 Å². The second-order valence-electron chi connectivity index (χ2n) is 4.44. The second kappa shape index (κ2) is 4.25. The van der Waals surface area contributed by atoms with E-state index < -0.39 is 0 Å². The van der Waals surface area contributed by atoms with E-state index in [4.69, 9.17) is 0 Å². The summed E-state index contributed by atoms with van der Waals surface area (Å²) in [5.74, 6) is -0.0116. The van der Waals surface area contributed by atoms with Crippen molar-refractivity contribution >= 4 is 5.91 Å². The number of carbonyl (C=O) groups is 1. The minimum Gasteiger partial charge on any atom is -0.336 e. The second-order valence-corrected chi connectivity index (χ2v) is 4.44. The van der Waals surface area contributed by atoms with Gasteiger partial charge >= 0.3 is 0 Å². The Balaban J connectivity index is 1.84. The predicted molar refractivity (Wildman–Crippen MR) is 65.9 cm³/mol. The first-order valence-corrected chi connectivity index (χ1v) is 5.95. The number of carbonyl (C=O) groups excluding carboxylic acids is 1. The molecule has 2 aromatic heterocycles. The maximum absolute atomic E-state index is 12.3. The molecule has 18 heavy (non-hydrogen) atoms. The average molecular weight is 242 g/mol. The van der Waals surface area contributed by atoms with Crippen LogP contribution in [0.1, 0.15) is 21.9 Å². The Kier molecular flexibility index (Phi) is 2.59. The Labute approximate surface area is 105 Å². The van der Waals surface area contributed by atoms with E-state index in [1.807, 2.05) is 28.6 Å². The summed E-state index contributed by atoms with van der Waals surface area (Å²) in [4.78, 5) is 22.5. The van der Waals surface area contributed by atoms with Crippen LogP contribution < -0.4 is 0 Å². The maximum atomic E-state index is 12.3. The molecule has 5 heteroatoms. The van der Waals surface area contributed by atoms with Crippen LogP contribution in [0.4, 0.5) is 0 Å². The van der Waals surface area contributed by atoms with Crippen LogP contribution in [0.25, 0.3) is 0 Å². The molecule has 0 spiro atoms. The van der Waals surface area contributed by atoms with Crippen LogP contribution in [-0.4, -0.2) is 31.9 Å². The Hall–Kier alpha value is -2.17. The molecular formula is C13H14N4O. The molecule has 1 aliphatic rings. The van der Waals surface area contributed by atoms with Crippen molar-refractivity contribution in [2.75, 3.05) is 6.54 Å². The Morgan fingerprint density at radius 1 is 1.33 bits per heavy atom. The number of pyridine rings is 1. The van der Waals surface area contributed by atoms with E-state index in [1.165, 1.54) is 0 Å². The number of nitrogens with zero attached hydrogens (tertiary/aromatic N) is 4. The summed E-state index contributed by atoms with van der Waals surface area (Å²) in [7, 11) is 1.96. The molecule has 0 N–H and O–H groups in total. The average Bonchev–Trinajstić information content (AvgIpc) is 2.80. The summed E-state index contributed by atoms with van der Waals surface area (Å²) in [5.41, 5.74) is 2.72. The predicted octanol–water partition coefficient (Wildman–Crippen LogP) is 1.01. The lowest BCUT2D eigenvalue weighted by molar-refractivity contribution is 0.0724. The van der Waals surface area contributed by atoms with Crippen molar-refractivity contribution in [1.29, 1.82) is 0 Å². The van der Waals surface area contributed by atoms with Crippen molar-refractivity contribution < 1.29 is 4.79 Å². The Bertz CT molecular complexity index is 576. The van der Waals surface area contributed by atoms with Gasteiger partial charge in [-0.25, -0.2) is 4.98 Å². The molecule has 0 radical (unpaired) electrons. The fraction of sp³-hybridized carbons (Fsp3) is 0.308. The molecule has 0 aromatic carbocycles. The lowest BCUT2D eigenvalue weighted by Crippen LogP contribution is -2.37. The zero-order valence-electron chi connectivity index (χ0n) is 10.2. The lowest BCUT2D eigenvalue weighted by Gasteiger charge is -2.26. The molecule has 1 aliphatic heterocycles. The number of aromatic nitrogens is 3. The van der Waals surface area contributed by atoms with Gasteiger partial charge in [-0.1, -0.05) is 6.07 Å². The van der Waals surface area contributed by atoms with Gasteiger partial charge in [0.25, 0.3) is 5.91 Å². The molecule has 92 valence electrons. The number of amides is 1. The first-order valence-electron chi connectivity index (χ1n) is 5.95. The quantitative estimate of drug-likeness (QED) is 0.750. The molecule has 0 fully saturated rings. The molecule has 0 saturated carbocycles. The molecule has 0 unspecified atom stereocenters. The minimum absolute atomic E-state index is 0.0116. The van der Waals surface area contributed by atoms with Crippen molar-refractivity contribution in [3.8, 4) is 0 Å². The third-order valence-corrected chi connectivity index (χ3v) is 3.28. The zero-order chi connectivity index (χ0) is 12.5. The molecule has 0 atom stereocenters. The third-order valence-electron chi connectivity index (χ3n) is 3.28. The summed E-state index contributed by atoms with van der Waals surface area (Å²) in [6.45, 7) is 1.32. The van der Waals surface area contributed by atoms with Gasteiger partial charge in [-0.3, -0.25) is 9.78 Å². The smallest absolute Gasteiger partial charge is 0.272 e. The summed E-state index contributed by atoms with van der Waals surface area (Å²) in [6, 6.07) is 5.40. The summed E-state index contributed by atoms with van der Waals surface area (Å²) < 4.78 is 1.98. The first kappa shape index (κ1) is 11.0. The Morgan fingerprint density at radius 2 is 2.22 bits per heavy atom. The van der Waals surface area contributed by atoms with E-state index in [0.29, 0.717) is 18.8 Å². The normalized spacial score (nSPS) is 14.4. The van der Waals surface area contributed by atoms with Crippen LogP contribution >= 0.6 is 0 Å². The van der Waals surface area contributed by atoms with E-state index in [9.17, 15) is 4.79 Å². The molecular weight excluding hydrogens is 228 g/mol. The zero-order valence-corrected chi connectivity index (χ0v) is 10.2. The van der Waals surface area contributed by atoms with Crippen LogP contribution in [0.3, 0.4) is 0 Å². The first-order chi connectivity index (χ1) is 8.75. The number of imidazole rings is 1. The fourth-order valence-electron chi connectivity index (χ4n) is 2.24. The van der Waals surface area contributed by atoms with Crippen LogP contribution in [0, 0.1) is 0 Å². The molecule has 0 bridgehead atoms. The van der Waals surface area contributed by atoms with E-state index in [-0.39, 0.29) is 5.91 Å². The van der Waals surface area contributed by atoms with Gasteiger partial charge in [0.1, 0.15) is 5.69 Å². The molecule has 5 nitrogen and oxygen atoms in total. The van der Waals surface area contributed by atoms with Gasteiger partial charge in [0.15, 0.2) is 0 Å². The Morgan fingerprint density at radius 3 is 3.00 bits per heavy atom. The van der Waals surface area contributed by atoms with Gasteiger partial charge in [0.2, 0.25) is 0 Å². The van der Waals surface area contributed by atoms with Gasteiger partial charge < -0.3 is 9.47 Å². The maximum Gasteiger partial charge on any atom is 0.272 e. The largest absolute Gasteiger partial charge is 0.336 e. The number of aryl methyl sites for hydroxylation is 1. The molecule has 2 aromatic rings. The van der Waals surface area contributed by atoms with E-state index in [1.54, 1.807) is 18.6 Å². The minimum atomic E-state index is -0.0116. The molecule has 1 amide bonds. The SMILES string of the molecule is Cn1cnc2c1CN(C(=O)c1ccccn1)CC2. The van der Waals surface area contributed by atoms with Crippen LogP contribution in [-0.2, 0) is 20.0 Å². The number of fused-ring (bicyclic) bond motifs is 1. The van der Waals surface area contributed by atoms with E-state index in [2.05, 4.69) is 9.97 Å². The summed E-state index contributed by atoms with van der Waals surface area (Å²) in [6.07, 6.45) is 4.26. The van der Waals surface area contributed by atoms with E-state index >= 15 is 0 Å².